The maximum atomic E-state index is 12.0. The molecule has 0 unspecified atom stereocenters. The third-order valence-corrected chi connectivity index (χ3v) is 17.5. The number of hydrogen-bond donors (Lipinski definition) is 20. The van der Waals surface area contributed by atoms with Crippen LogP contribution in [0.5, 0.6) is 11.5 Å². The first-order valence-electron chi connectivity index (χ1n) is 30.1. The van der Waals surface area contributed by atoms with E-state index in [4.69, 9.17) is 75.8 Å². The molecule has 39 heteroatoms. The zero-order chi connectivity index (χ0) is 66.9. The van der Waals surface area contributed by atoms with E-state index in [0.717, 1.165) is 0 Å². The van der Waals surface area contributed by atoms with E-state index in [1.807, 2.05) is 0 Å². The molecule has 0 spiro atoms. The lowest BCUT2D eigenvalue weighted by atomic mass is 9.95. The number of aliphatic hydroxyl groups is 20. The predicted octanol–water partition coefficient (Wildman–Crippen LogP) is -12.9. The summed E-state index contributed by atoms with van der Waals surface area (Å²) < 4.78 is 94.1. The van der Waals surface area contributed by atoms with Crippen molar-refractivity contribution < 1.29 is 178 Å². The minimum atomic E-state index is -2.23. The molecule has 39 nitrogen and oxygen atoms in total. The molecular formula is C54H83N3O36. The average molecular weight is 1350 g/mol. The van der Waals surface area contributed by atoms with Crippen LogP contribution in [0, 0.1) is 0 Å². The van der Waals surface area contributed by atoms with Crippen LogP contribution in [0.3, 0.4) is 0 Å². The topological polar surface area (TPSA) is 583 Å². The smallest absolute Gasteiger partial charge is 0.187 e. The lowest BCUT2D eigenvalue weighted by molar-refractivity contribution is -0.396. The summed E-state index contributed by atoms with van der Waals surface area (Å²) >= 11 is 0. The van der Waals surface area contributed by atoms with E-state index in [9.17, 15) is 102 Å². The standard InChI is InChI=1S/C54H83N3O36/c1-78-18-4-6-19(7-5-18)79-8-2-3-17-9-57(56-55-17)10-20-41-27(64)34(71)48(80-20)88-42-21(11-58)82-50(36(73)29(42)66)90-44-23(13-60)84-52(38(75)31(44)68)92-46-25(15-62)86-54(40(77)33(46)70)93-47-26(16-63)85-53(39(76)32(47)69)91-45-24(14-61)83-51(37(74)30(45)67)89-43-22(12-59)81-49(87-41)35(72)28(43)65/h4-7,9,20-54,58-77H,2-3,8,10-16H2,1H3/t20-,21-,22-,23-,24-,25-,26-,27-,28-,29-,30-,31-,32-,33-,34-,35-,36-,37-,38-,39-,40-,41-,42-,43-,44-,45-,46-,47-,48-,49-,50-,51-,52-,53-,54-/m1/s1. The molecule has 20 N–H and O–H groups in total. The van der Waals surface area contributed by atoms with Crippen LogP contribution in [0.25, 0.3) is 0 Å². The van der Waals surface area contributed by atoms with Crippen LogP contribution >= 0.6 is 0 Å². The molecule has 14 bridgehead atoms. The summed E-state index contributed by atoms with van der Waals surface area (Å²) in [5.74, 6) is 1.20. The summed E-state index contributed by atoms with van der Waals surface area (Å²) in [4.78, 5) is 0. The molecule has 21 saturated heterocycles. The number of aromatic nitrogens is 3. The van der Waals surface area contributed by atoms with Gasteiger partial charge in [-0.3, -0.25) is 0 Å². The Balaban J connectivity index is 0.929. The van der Waals surface area contributed by atoms with Crippen molar-refractivity contribution >= 4 is 0 Å². The highest BCUT2D eigenvalue weighted by Gasteiger charge is 2.60. The summed E-state index contributed by atoms with van der Waals surface area (Å²) in [6.45, 7) is -6.51. The SMILES string of the molecule is COc1ccc(OCCCc2cn(C[C@H]3O[C@@H]4O[C@H]5[C@H](O)[C@@H](O)[C@@H](O[C@H]6[C@H](O)[C@@H](O)[C@@H](O[C@H]7[C@H](O)[C@@H](O)[C@@H](O[C@H]8[C@H](O)[C@@H](O)[C@@H](O[C@H]9[C@H](O)[C@@H](O)[C@@H](O[C@H]%10[C@H](O)[C@@H](O)[C@@H](O[C@H]3[C@H](O)[C@H]4O)O[C@@H]%10CO)O[C@@H]9CO)O[C@@H]8CO)O[C@@H]7CO)O[C@@H]6CO)O[C@@H]5CO)nn2)cc1. The molecule has 22 heterocycles. The molecule has 21 fully saturated rings. The van der Waals surface area contributed by atoms with Crippen molar-refractivity contribution in [2.75, 3.05) is 53.4 Å². The van der Waals surface area contributed by atoms with Gasteiger partial charge in [0.15, 0.2) is 44.0 Å². The van der Waals surface area contributed by atoms with Crippen LogP contribution < -0.4 is 9.47 Å². The third kappa shape index (κ3) is 15.3. The third-order valence-electron chi connectivity index (χ3n) is 17.5. The predicted molar refractivity (Wildman–Crippen MR) is 288 cm³/mol. The molecule has 530 valence electrons. The van der Waals surface area contributed by atoms with Crippen molar-refractivity contribution in [2.45, 2.75) is 234 Å². The van der Waals surface area contributed by atoms with Gasteiger partial charge in [0.2, 0.25) is 0 Å². The highest BCUT2D eigenvalue weighted by atomic mass is 16.8. The van der Waals surface area contributed by atoms with Gasteiger partial charge in [-0.15, -0.1) is 5.10 Å². The fraction of sp³-hybridized carbons (Fsp3) is 0.852. The van der Waals surface area contributed by atoms with Gasteiger partial charge < -0.3 is 178 Å². The molecule has 1 aromatic heterocycles. The van der Waals surface area contributed by atoms with Gasteiger partial charge in [0.1, 0.15) is 182 Å². The first-order chi connectivity index (χ1) is 44.6. The summed E-state index contributed by atoms with van der Waals surface area (Å²) in [5, 5.41) is 233. The maximum Gasteiger partial charge on any atom is 0.187 e. The van der Waals surface area contributed by atoms with E-state index in [1.165, 1.54) is 18.0 Å². The van der Waals surface area contributed by atoms with Crippen LogP contribution in [-0.4, -0.2) is 385 Å². The van der Waals surface area contributed by atoms with Gasteiger partial charge >= 0.3 is 0 Å². The zero-order valence-corrected chi connectivity index (χ0v) is 49.5. The van der Waals surface area contributed by atoms with Crippen molar-refractivity contribution in [3.8, 4) is 11.5 Å². The minimum Gasteiger partial charge on any atom is -0.497 e. The Hall–Kier alpha value is -3.40. The number of rotatable bonds is 14. The molecule has 21 aliphatic rings. The van der Waals surface area contributed by atoms with E-state index in [2.05, 4.69) is 10.3 Å². The van der Waals surface area contributed by atoms with E-state index < -0.39 is 261 Å². The molecular weight excluding hydrogens is 1270 g/mol. The van der Waals surface area contributed by atoms with Crippen LogP contribution in [0.15, 0.2) is 30.5 Å². The Labute approximate surface area is 527 Å². The number of methoxy groups -OCH3 is 1. The number of ether oxygens (including phenoxy) is 16. The second-order valence-corrected chi connectivity index (χ2v) is 23.5. The lowest BCUT2D eigenvalue weighted by Crippen LogP contribution is -2.68. The first-order valence-corrected chi connectivity index (χ1v) is 30.1. The highest BCUT2D eigenvalue weighted by molar-refractivity contribution is 5.31. The van der Waals surface area contributed by atoms with Crippen LogP contribution in [0.4, 0.5) is 0 Å². The van der Waals surface area contributed by atoms with Crippen molar-refractivity contribution in [2.24, 2.45) is 0 Å². The Bertz CT molecular complexity index is 2590. The molecule has 0 radical (unpaired) electrons. The quantitative estimate of drug-likeness (QED) is 0.0781. The number of aliphatic hydroxyl groups excluding tert-OH is 20. The molecule has 2 aromatic rings. The van der Waals surface area contributed by atoms with Gasteiger partial charge in [-0.1, -0.05) is 5.21 Å². The average Bonchev–Trinajstić information content (AvgIpc) is 1.06. The first kappa shape index (κ1) is 72.3. The van der Waals surface area contributed by atoms with Gasteiger partial charge in [0, 0.05) is 6.20 Å². The van der Waals surface area contributed by atoms with Gasteiger partial charge in [-0.25, -0.2) is 4.68 Å². The molecule has 21 aliphatic heterocycles. The van der Waals surface area contributed by atoms with Crippen LogP contribution in [0.1, 0.15) is 12.1 Å². The van der Waals surface area contributed by atoms with Crippen LogP contribution in [-0.2, 0) is 79.3 Å². The second-order valence-electron chi connectivity index (χ2n) is 23.5. The summed E-state index contributed by atoms with van der Waals surface area (Å²) in [6.07, 6.45) is -68.3. The number of aryl methyl sites for hydroxylation is 1. The largest absolute Gasteiger partial charge is 0.497 e. The molecule has 35 atom stereocenters. The van der Waals surface area contributed by atoms with Crippen molar-refractivity contribution in [3.63, 3.8) is 0 Å². The zero-order valence-electron chi connectivity index (χ0n) is 49.5. The van der Waals surface area contributed by atoms with E-state index in [1.54, 1.807) is 24.3 Å². The summed E-state index contributed by atoms with van der Waals surface area (Å²) in [6, 6.07) is 6.90. The van der Waals surface area contributed by atoms with Gasteiger partial charge in [-0.05, 0) is 37.1 Å². The molecule has 0 amide bonds. The van der Waals surface area contributed by atoms with E-state index in [-0.39, 0.29) is 6.61 Å². The Kier molecular flexibility index (Phi) is 24.6. The molecule has 23 rings (SSSR count). The fourth-order valence-corrected chi connectivity index (χ4v) is 12.3. The van der Waals surface area contributed by atoms with Crippen molar-refractivity contribution in [1.82, 2.24) is 15.0 Å². The number of benzene rings is 1. The summed E-state index contributed by atoms with van der Waals surface area (Å²) in [5.41, 5.74) is 0.430. The van der Waals surface area contributed by atoms with E-state index >= 15 is 0 Å². The highest BCUT2D eigenvalue weighted by Crippen LogP contribution is 2.39. The Morgan fingerprint density at radius 1 is 0.344 bits per heavy atom. The molecule has 0 aliphatic carbocycles. The van der Waals surface area contributed by atoms with Crippen LogP contribution in [0.2, 0.25) is 0 Å². The van der Waals surface area contributed by atoms with E-state index in [0.29, 0.717) is 30.0 Å². The van der Waals surface area contributed by atoms with Gasteiger partial charge in [0.25, 0.3) is 0 Å². The second kappa shape index (κ2) is 31.6. The molecule has 0 saturated carbocycles. The van der Waals surface area contributed by atoms with Crippen molar-refractivity contribution in [1.29, 1.82) is 0 Å². The Morgan fingerprint density at radius 2 is 0.591 bits per heavy atom. The minimum absolute atomic E-state index is 0.253. The lowest BCUT2D eigenvalue weighted by Gasteiger charge is -2.50. The summed E-state index contributed by atoms with van der Waals surface area (Å²) in [7, 11) is 1.53. The van der Waals surface area contributed by atoms with Crippen molar-refractivity contribution in [3.05, 3.63) is 36.2 Å². The fourth-order valence-electron chi connectivity index (χ4n) is 12.3. The van der Waals surface area contributed by atoms with Gasteiger partial charge in [-0.2, -0.15) is 0 Å². The monoisotopic (exact) mass is 1350 g/mol. The molecule has 1 aromatic carbocycles. The number of hydrogen-bond acceptors (Lipinski definition) is 38. The number of nitrogens with zero attached hydrogens (tertiary/aromatic N) is 3. The van der Waals surface area contributed by atoms with Gasteiger partial charge in [0.05, 0.1) is 65.6 Å². The molecule has 93 heavy (non-hydrogen) atoms. The normalized spacial score (nSPS) is 47.8. The maximum absolute atomic E-state index is 12.0. The Morgan fingerprint density at radius 3 is 0.849 bits per heavy atom.